The molecule has 0 saturated carbocycles. The summed E-state index contributed by atoms with van der Waals surface area (Å²) >= 11 is 0. The Kier molecular flexibility index (Phi) is 8.33. The van der Waals surface area contributed by atoms with Gasteiger partial charge in [-0.3, -0.25) is 9.13 Å². The quantitative estimate of drug-likeness (QED) is 0.352. The van der Waals surface area contributed by atoms with E-state index in [9.17, 15) is 9.13 Å². The molecule has 0 aliphatic carbocycles. The Morgan fingerprint density at radius 2 is 1.21 bits per heavy atom. The van der Waals surface area contributed by atoms with E-state index in [2.05, 4.69) is 5.09 Å². The Morgan fingerprint density at radius 1 is 0.758 bits per heavy atom. The summed E-state index contributed by atoms with van der Waals surface area (Å²) < 4.78 is 45.9. The third-order valence-corrected chi connectivity index (χ3v) is 11.1. The second-order valence-corrected chi connectivity index (χ2v) is 12.4. The first-order valence-electron chi connectivity index (χ1n) is 10.9. The fraction of sp³-hybridized carbons (Fsp3) is 0.280. The number of hydrogen-bond acceptors (Lipinski definition) is 5. The van der Waals surface area contributed by atoms with Gasteiger partial charge in [-0.15, -0.1) is 0 Å². The van der Waals surface area contributed by atoms with Gasteiger partial charge < -0.3 is 13.8 Å². The summed E-state index contributed by atoms with van der Waals surface area (Å²) in [4.78, 5) is 0. The summed E-state index contributed by atoms with van der Waals surface area (Å²) in [5.41, 5.74) is 0.612. The van der Waals surface area contributed by atoms with Crippen LogP contribution in [0.25, 0.3) is 0 Å². The van der Waals surface area contributed by atoms with Crippen LogP contribution in [0.3, 0.4) is 0 Å². The summed E-state index contributed by atoms with van der Waals surface area (Å²) in [6.07, 6.45) is 0. The fourth-order valence-electron chi connectivity index (χ4n) is 3.70. The summed E-state index contributed by atoms with van der Waals surface area (Å²) in [6, 6.07) is 25.4. The van der Waals surface area contributed by atoms with Gasteiger partial charge in [0, 0.05) is 10.6 Å². The molecule has 8 heteroatoms. The molecule has 0 amide bonds. The number of methoxy groups -OCH3 is 1. The van der Waals surface area contributed by atoms with Crippen LogP contribution in [0.4, 0.5) is 0 Å². The van der Waals surface area contributed by atoms with Crippen molar-refractivity contribution < 1.29 is 22.9 Å². The van der Waals surface area contributed by atoms with Crippen molar-refractivity contribution in [2.45, 2.75) is 26.1 Å². The van der Waals surface area contributed by atoms with Crippen molar-refractivity contribution >= 4 is 25.5 Å². The molecule has 3 rings (SSSR count). The highest BCUT2D eigenvalue weighted by atomic mass is 31.2. The zero-order valence-corrected chi connectivity index (χ0v) is 21.2. The second kappa shape index (κ2) is 10.8. The minimum atomic E-state index is -3.85. The van der Waals surface area contributed by atoms with E-state index in [1.165, 1.54) is 0 Å². The highest BCUT2D eigenvalue weighted by molar-refractivity contribution is 7.77. The number of benzene rings is 3. The maximum Gasteiger partial charge on any atom is 0.355 e. The van der Waals surface area contributed by atoms with E-state index in [1.807, 2.05) is 60.7 Å². The lowest BCUT2D eigenvalue weighted by Crippen LogP contribution is -2.43. The van der Waals surface area contributed by atoms with Gasteiger partial charge in [-0.25, -0.2) is 5.09 Å². The maximum atomic E-state index is 14.8. The molecule has 0 aromatic heterocycles. The second-order valence-electron chi connectivity index (χ2n) is 7.53. The third kappa shape index (κ3) is 5.16. The lowest BCUT2D eigenvalue weighted by Gasteiger charge is -2.40. The Hall–Kier alpha value is -2.20. The van der Waals surface area contributed by atoms with Crippen LogP contribution in [0.5, 0.6) is 5.75 Å². The normalized spacial score (nSPS) is 13.9. The molecule has 0 spiro atoms. The van der Waals surface area contributed by atoms with Crippen LogP contribution < -0.4 is 20.4 Å². The third-order valence-electron chi connectivity index (χ3n) is 5.41. The van der Waals surface area contributed by atoms with Crippen LogP contribution in [0, 0.1) is 0 Å². The van der Waals surface area contributed by atoms with Gasteiger partial charge >= 0.3 is 7.60 Å². The van der Waals surface area contributed by atoms with Gasteiger partial charge in [0.05, 0.1) is 20.3 Å². The Labute approximate surface area is 196 Å². The number of rotatable bonds is 11. The summed E-state index contributed by atoms with van der Waals surface area (Å²) in [6.45, 7) is 5.58. The van der Waals surface area contributed by atoms with Crippen molar-refractivity contribution in [2.24, 2.45) is 0 Å². The van der Waals surface area contributed by atoms with Crippen LogP contribution in [-0.4, -0.2) is 20.3 Å². The van der Waals surface area contributed by atoms with E-state index in [0.717, 1.165) is 0 Å². The van der Waals surface area contributed by atoms with Gasteiger partial charge in [0.25, 0.3) is 0 Å². The summed E-state index contributed by atoms with van der Waals surface area (Å²) in [5.74, 6) is 0.651. The molecule has 0 aliphatic rings. The molecule has 3 aromatic carbocycles. The first-order valence-corrected chi connectivity index (χ1v) is 14.1. The van der Waals surface area contributed by atoms with Gasteiger partial charge in [0.15, 0.2) is 0 Å². The lowest BCUT2D eigenvalue weighted by atomic mass is 10.1. The molecule has 0 bridgehead atoms. The van der Waals surface area contributed by atoms with Crippen LogP contribution in [0.15, 0.2) is 84.9 Å². The smallest absolute Gasteiger partial charge is 0.355 e. The zero-order chi connectivity index (χ0) is 24.0. The van der Waals surface area contributed by atoms with Gasteiger partial charge in [-0.1, -0.05) is 48.5 Å². The number of hydrogen-bond donors (Lipinski definition) is 1. The van der Waals surface area contributed by atoms with Crippen molar-refractivity contribution in [1.29, 1.82) is 0 Å². The maximum absolute atomic E-state index is 14.8. The average Bonchev–Trinajstić information content (AvgIpc) is 2.85. The molecule has 0 radical (unpaired) electrons. The number of nitrogens with one attached hydrogen (secondary N) is 1. The first-order chi connectivity index (χ1) is 15.8. The van der Waals surface area contributed by atoms with Gasteiger partial charge in [0.2, 0.25) is 7.29 Å². The predicted octanol–water partition coefficient (Wildman–Crippen LogP) is 5.65. The van der Waals surface area contributed by atoms with E-state index in [1.54, 1.807) is 52.1 Å². The Bertz CT molecular complexity index is 1070. The largest absolute Gasteiger partial charge is 0.497 e. The first kappa shape index (κ1) is 25.4. The minimum Gasteiger partial charge on any atom is -0.497 e. The monoisotopic (exact) mass is 487 g/mol. The lowest BCUT2D eigenvalue weighted by molar-refractivity contribution is 0.195. The minimum absolute atomic E-state index is 0.172. The van der Waals surface area contributed by atoms with Crippen LogP contribution in [0.1, 0.15) is 26.3 Å². The predicted molar refractivity (Wildman–Crippen MR) is 134 cm³/mol. The van der Waals surface area contributed by atoms with Crippen molar-refractivity contribution in [3.8, 4) is 5.75 Å². The van der Waals surface area contributed by atoms with Gasteiger partial charge in [0.1, 0.15) is 11.0 Å². The van der Waals surface area contributed by atoms with Crippen LogP contribution in [0.2, 0.25) is 0 Å². The molecule has 0 heterocycles. The SMILES string of the molecule is CCOP(=O)(OCC)[C@](C)(NP(=O)(c1ccccc1)c1ccccc1)c1ccc(OC)cc1. The van der Waals surface area contributed by atoms with Crippen LogP contribution >= 0.6 is 14.9 Å². The molecule has 3 aromatic rings. The van der Waals surface area contributed by atoms with Crippen LogP contribution in [-0.2, 0) is 23.5 Å². The van der Waals surface area contributed by atoms with Crippen molar-refractivity contribution in [3.63, 3.8) is 0 Å². The molecule has 1 atom stereocenters. The van der Waals surface area contributed by atoms with E-state index < -0.39 is 20.2 Å². The van der Waals surface area contributed by atoms with E-state index in [-0.39, 0.29) is 13.2 Å². The average molecular weight is 487 g/mol. The Morgan fingerprint density at radius 3 is 1.61 bits per heavy atom. The molecular formula is C25H31NO5P2. The summed E-state index contributed by atoms with van der Waals surface area (Å²) in [5, 5.41) is 3.07. The molecule has 0 aliphatic heterocycles. The van der Waals surface area contributed by atoms with Crippen molar-refractivity contribution in [1.82, 2.24) is 5.09 Å². The van der Waals surface area contributed by atoms with E-state index >= 15 is 0 Å². The topological polar surface area (TPSA) is 73.9 Å². The number of ether oxygens (including phenoxy) is 1. The fourth-order valence-corrected chi connectivity index (χ4v) is 8.83. The van der Waals surface area contributed by atoms with E-state index in [4.69, 9.17) is 13.8 Å². The Balaban J connectivity index is 2.26. The standard InChI is InChI=1S/C25H31NO5P2/c1-5-30-33(28,31-6-2)25(3,21-17-19-22(29-4)20-18-21)26-32(27,23-13-9-7-10-14-23)24-15-11-8-12-16-24/h7-20H,5-6H2,1-4H3,(H,26,27)/t25-/m0/s1. The van der Waals surface area contributed by atoms with Gasteiger partial charge in [-0.05, 0) is 62.7 Å². The van der Waals surface area contributed by atoms with Crippen molar-refractivity contribution in [3.05, 3.63) is 90.5 Å². The summed E-state index contributed by atoms with van der Waals surface area (Å²) in [7, 11) is -5.76. The molecule has 33 heavy (non-hydrogen) atoms. The highest BCUT2D eigenvalue weighted by Gasteiger charge is 2.52. The highest BCUT2D eigenvalue weighted by Crippen LogP contribution is 2.66. The molecule has 0 fully saturated rings. The van der Waals surface area contributed by atoms with Crippen molar-refractivity contribution in [2.75, 3.05) is 20.3 Å². The van der Waals surface area contributed by atoms with E-state index in [0.29, 0.717) is 21.9 Å². The molecule has 1 N–H and O–H groups in total. The molecular weight excluding hydrogens is 456 g/mol. The molecule has 6 nitrogen and oxygen atoms in total. The van der Waals surface area contributed by atoms with Gasteiger partial charge in [-0.2, -0.15) is 0 Å². The molecule has 176 valence electrons. The molecule has 0 unspecified atom stereocenters. The molecule has 0 saturated heterocycles. The zero-order valence-electron chi connectivity index (χ0n) is 19.4.